The number of aliphatic hydroxyl groups is 1. The minimum Gasteiger partial charge on any atom is -0.491 e. The van der Waals surface area contributed by atoms with Crippen LogP contribution in [0.3, 0.4) is 0 Å². The highest BCUT2D eigenvalue weighted by molar-refractivity contribution is 8.15. The Labute approximate surface area is 240 Å². The Morgan fingerprint density at radius 1 is 1.05 bits per heavy atom. The third-order valence-corrected chi connectivity index (χ3v) is 5.84. The molecule has 0 saturated carbocycles. The summed E-state index contributed by atoms with van der Waals surface area (Å²) in [6, 6.07) is 7.27. The molecule has 0 bridgehead atoms. The predicted molar refractivity (Wildman–Crippen MR) is 153 cm³/mol. The zero-order valence-corrected chi connectivity index (χ0v) is 24.9. The van der Waals surface area contributed by atoms with Crippen LogP contribution in [-0.2, 0) is 25.6 Å². The predicted octanol–water partition coefficient (Wildman–Crippen LogP) is 2.02. The molecule has 40 heavy (non-hydrogen) atoms. The maximum absolute atomic E-state index is 11.8. The lowest BCUT2D eigenvalue weighted by molar-refractivity contribution is -0.135. The number of carbonyl (C=O) groups is 5. The van der Waals surface area contributed by atoms with Crippen molar-refractivity contribution in [1.82, 2.24) is 21.4 Å². The lowest BCUT2D eigenvalue weighted by Gasteiger charge is -2.17. The van der Waals surface area contributed by atoms with Gasteiger partial charge in [0.05, 0.1) is 18.4 Å². The highest BCUT2D eigenvalue weighted by atomic mass is 32.2. The summed E-state index contributed by atoms with van der Waals surface area (Å²) in [7, 11) is 1.47. The summed E-state index contributed by atoms with van der Waals surface area (Å²) in [5.74, 6) is -0.336. The average Bonchev–Trinajstić information content (AvgIpc) is 3.21. The van der Waals surface area contributed by atoms with Gasteiger partial charge < -0.3 is 20.5 Å². The van der Waals surface area contributed by atoms with Gasteiger partial charge in [-0.1, -0.05) is 58.5 Å². The van der Waals surface area contributed by atoms with Crippen LogP contribution in [0.2, 0.25) is 0 Å². The van der Waals surface area contributed by atoms with Crippen LogP contribution in [0.1, 0.15) is 53.0 Å². The molecule has 13 heteroatoms. The van der Waals surface area contributed by atoms with Gasteiger partial charge in [-0.15, -0.1) is 0 Å². The van der Waals surface area contributed by atoms with Crippen molar-refractivity contribution in [1.29, 1.82) is 0 Å². The minimum absolute atomic E-state index is 0.0251. The van der Waals surface area contributed by atoms with Crippen LogP contribution in [0.4, 0.5) is 4.79 Å². The number of imide groups is 1. The van der Waals surface area contributed by atoms with Crippen molar-refractivity contribution < 1.29 is 39.0 Å². The van der Waals surface area contributed by atoms with E-state index < -0.39 is 11.8 Å². The van der Waals surface area contributed by atoms with E-state index in [1.54, 1.807) is 12.1 Å². The summed E-state index contributed by atoms with van der Waals surface area (Å²) >= 11 is 1.02. The number of hydrogen-bond acceptors (Lipinski definition) is 9. The largest absolute Gasteiger partial charge is 0.491 e. The number of hydroxylamine groups is 1. The maximum Gasteiger partial charge on any atom is 0.286 e. The molecule has 1 aliphatic heterocycles. The molecule has 0 spiro atoms. The first kappa shape index (κ1) is 36.8. The number of benzene rings is 1. The number of amides is 5. The Bertz CT molecular complexity index is 938. The van der Waals surface area contributed by atoms with E-state index in [1.165, 1.54) is 12.5 Å². The molecule has 5 amide bonds. The molecule has 0 aromatic heterocycles. The second-order valence-corrected chi connectivity index (χ2v) is 11.2. The van der Waals surface area contributed by atoms with Crippen molar-refractivity contribution >= 4 is 40.6 Å². The summed E-state index contributed by atoms with van der Waals surface area (Å²) in [6.45, 7) is 10.5. The van der Waals surface area contributed by atoms with Gasteiger partial charge in [0.15, 0.2) is 0 Å². The number of ether oxygens (including phenoxy) is 1. The van der Waals surface area contributed by atoms with E-state index in [0.29, 0.717) is 18.6 Å². The van der Waals surface area contributed by atoms with Crippen molar-refractivity contribution in [3.05, 3.63) is 29.8 Å². The van der Waals surface area contributed by atoms with Crippen LogP contribution in [0, 0.1) is 17.8 Å². The molecule has 2 rings (SSSR count). The highest BCUT2D eigenvalue weighted by Gasteiger charge is 2.31. The molecular formula is C27H44N4O8S. The molecule has 2 atom stereocenters. The molecule has 6 N–H and O–H groups in total. The third kappa shape index (κ3) is 17.4. The monoisotopic (exact) mass is 584 g/mol. The van der Waals surface area contributed by atoms with Gasteiger partial charge in [0.2, 0.25) is 23.6 Å². The number of nitrogens with one attached hydrogen (secondary N) is 4. The first-order chi connectivity index (χ1) is 18.8. The Hall–Kier alpha value is -3.16. The lowest BCUT2D eigenvalue weighted by atomic mass is 9.93. The molecule has 1 unspecified atom stereocenters. The standard InChI is InChI=1S/C12H13NO4S.C11H21N3O4.C4H10/c14-5-6-17-9-3-1-8(2-4-9)7-10-11(15)13-12(16)18-10;1-7(2)4-8(5-9(15)14-18)11(17)13-6-10(16)12-3;1-4(2)3/h1-4,10,14H,5-7H2,(H,13,15,16);7-8,18H,4-6H2,1-3H3,(H,12,16)(H,13,17)(H,14,15);4H,1-3H3/t;8-;/m.1./s1. The number of hydrogen-bond donors (Lipinski definition) is 6. The quantitative estimate of drug-likeness (QED) is 0.158. The smallest absolute Gasteiger partial charge is 0.286 e. The summed E-state index contributed by atoms with van der Waals surface area (Å²) in [5, 5.41) is 23.5. The lowest BCUT2D eigenvalue weighted by Crippen LogP contribution is -2.40. The van der Waals surface area contributed by atoms with E-state index in [2.05, 4.69) is 36.7 Å². The SMILES string of the molecule is CC(C)C.CNC(=O)CNC(=O)[C@@H](CC(=O)NO)CC(C)C.O=C1NC(=O)C(Cc2ccc(OCCO)cc2)S1. The van der Waals surface area contributed by atoms with E-state index in [-0.39, 0.29) is 60.3 Å². The van der Waals surface area contributed by atoms with Crippen LogP contribution in [0.15, 0.2) is 24.3 Å². The molecule has 1 aromatic carbocycles. The molecule has 0 aliphatic carbocycles. The Balaban J connectivity index is 0.000000671. The van der Waals surface area contributed by atoms with E-state index >= 15 is 0 Å². The first-order valence-corrected chi connectivity index (χ1v) is 14.0. The maximum atomic E-state index is 11.8. The minimum atomic E-state index is -0.615. The van der Waals surface area contributed by atoms with Crippen LogP contribution in [0.25, 0.3) is 0 Å². The molecule has 1 aromatic rings. The van der Waals surface area contributed by atoms with Crippen molar-refractivity contribution in [3.8, 4) is 5.75 Å². The summed E-state index contributed by atoms with van der Waals surface area (Å²) < 4.78 is 5.23. The third-order valence-electron chi connectivity index (χ3n) is 4.86. The normalized spacial score (nSPS) is 14.7. The first-order valence-electron chi connectivity index (χ1n) is 13.1. The van der Waals surface area contributed by atoms with E-state index in [0.717, 1.165) is 23.2 Å². The van der Waals surface area contributed by atoms with Gasteiger partial charge in [-0.25, -0.2) is 5.48 Å². The number of carbonyl (C=O) groups excluding carboxylic acids is 5. The Morgan fingerprint density at radius 2 is 1.65 bits per heavy atom. The second kappa shape index (κ2) is 20.7. The van der Waals surface area contributed by atoms with Gasteiger partial charge in [-0.3, -0.25) is 34.5 Å². The topological polar surface area (TPSA) is 183 Å². The fourth-order valence-corrected chi connectivity index (χ4v) is 4.01. The zero-order chi connectivity index (χ0) is 30.7. The van der Waals surface area contributed by atoms with Gasteiger partial charge in [0, 0.05) is 19.4 Å². The van der Waals surface area contributed by atoms with E-state index in [4.69, 9.17) is 15.1 Å². The van der Waals surface area contributed by atoms with Crippen LogP contribution in [-0.4, -0.2) is 71.2 Å². The molecule has 0 radical (unpaired) electrons. The van der Waals surface area contributed by atoms with E-state index in [1.807, 2.05) is 26.0 Å². The van der Waals surface area contributed by atoms with Crippen LogP contribution < -0.4 is 26.2 Å². The van der Waals surface area contributed by atoms with Crippen LogP contribution >= 0.6 is 11.8 Å². The van der Waals surface area contributed by atoms with Gasteiger partial charge >= 0.3 is 0 Å². The van der Waals surface area contributed by atoms with Crippen molar-refractivity contribution in [3.63, 3.8) is 0 Å². The highest BCUT2D eigenvalue weighted by Crippen LogP contribution is 2.23. The molecular weight excluding hydrogens is 540 g/mol. The molecule has 1 fully saturated rings. The van der Waals surface area contributed by atoms with Crippen molar-refractivity contribution in [2.24, 2.45) is 17.8 Å². The summed E-state index contributed by atoms with van der Waals surface area (Å²) in [6.07, 6.45) is 0.920. The zero-order valence-electron chi connectivity index (χ0n) is 24.1. The van der Waals surface area contributed by atoms with Gasteiger partial charge in [0.25, 0.3) is 5.24 Å². The number of aliphatic hydroxyl groups excluding tert-OH is 1. The number of rotatable bonds is 12. The Morgan fingerprint density at radius 3 is 2.10 bits per heavy atom. The molecule has 1 heterocycles. The van der Waals surface area contributed by atoms with Gasteiger partial charge in [0.1, 0.15) is 12.4 Å². The fraction of sp³-hybridized carbons (Fsp3) is 0.593. The van der Waals surface area contributed by atoms with Gasteiger partial charge in [-0.2, -0.15) is 0 Å². The fourth-order valence-electron chi connectivity index (χ4n) is 3.15. The molecule has 12 nitrogen and oxygen atoms in total. The van der Waals surface area contributed by atoms with E-state index in [9.17, 15) is 24.0 Å². The molecule has 1 saturated heterocycles. The second-order valence-electron chi connectivity index (χ2n) is 9.99. The Kier molecular flexibility index (Phi) is 19.1. The van der Waals surface area contributed by atoms with Crippen molar-refractivity contribution in [2.45, 2.75) is 59.1 Å². The molecule has 226 valence electrons. The van der Waals surface area contributed by atoms with Gasteiger partial charge in [-0.05, 0) is 42.4 Å². The van der Waals surface area contributed by atoms with Crippen LogP contribution in [0.5, 0.6) is 5.75 Å². The number of thioether (sulfide) groups is 1. The molecule has 1 aliphatic rings. The summed E-state index contributed by atoms with van der Waals surface area (Å²) in [4.78, 5) is 56.3. The number of likely N-dealkylation sites (N-methyl/N-ethyl adjacent to an activating group) is 1. The summed E-state index contributed by atoms with van der Waals surface area (Å²) in [5.41, 5.74) is 2.47. The average molecular weight is 585 g/mol. The van der Waals surface area contributed by atoms with Crippen molar-refractivity contribution in [2.75, 3.05) is 26.8 Å².